The molecule has 2 fully saturated rings. The number of benzene rings is 3. The Kier molecular flexibility index (Phi) is 16.4. The molecule has 5 rings (SSSR count). The molecule has 6 atom stereocenters. The summed E-state index contributed by atoms with van der Waals surface area (Å²) in [4.78, 5) is 87.0. The fourth-order valence-electron chi connectivity index (χ4n) is 9.29. The van der Waals surface area contributed by atoms with Crippen molar-refractivity contribution in [3.63, 3.8) is 0 Å². The second kappa shape index (κ2) is 21.2. The standard InChI is InChI=1S/C52H73N7O8/c1-11-34(3)41(55-47(64)66-49(5,6)7)43(60)58-30-16-28-51(58,45(53)62)38-24-20-36(21-25-38)32-57(40-18-14-13-15-19-40)33-37-22-26-39(27-23-37)52(46(54)63)29-17-31-59(52)44(61)42(35(4)12-2)56-48(65)67-50(8,9)10/h13-15,18-27,34-35,41-42H,11-12,16-17,28-33H2,1-10H3,(H2,53,62)(H2,54,63)(H,55,64)(H,56,65)/t34-,35-,41-,42-,51-,52-/m0/s1. The minimum Gasteiger partial charge on any atom is -0.444 e. The van der Waals surface area contributed by atoms with E-state index in [1.807, 2.05) is 107 Å². The SMILES string of the molecule is CC[C@H](C)[C@H](NC(=O)OC(C)(C)C)C(=O)N1CCC[C@@]1(C(N)=O)c1ccc(CN(Cc2ccc([C@]3(C(N)=O)CCCN3C(=O)[C@@H](NC(=O)OC(C)(C)C)[C@@H](C)CC)cc2)c2ccccc2)cc1. The van der Waals surface area contributed by atoms with Gasteiger partial charge in [-0.3, -0.25) is 19.2 Å². The number of nitrogens with one attached hydrogen (secondary N) is 2. The number of para-hydroxylation sites is 1. The number of hydrogen-bond acceptors (Lipinski definition) is 9. The van der Waals surface area contributed by atoms with Gasteiger partial charge in [0.15, 0.2) is 0 Å². The van der Waals surface area contributed by atoms with Crippen LogP contribution in [-0.4, -0.2) is 82.0 Å². The summed E-state index contributed by atoms with van der Waals surface area (Å²) < 4.78 is 11.0. The van der Waals surface area contributed by atoms with E-state index in [1.165, 1.54) is 9.80 Å². The fourth-order valence-corrected chi connectivity index (χ4v) is 9.29. The van der Waals surface area contributed by atoms with Crippen LogP contribution in [0.15, 0.2) is 78.9 Å². The van der Waals surface area contributed by atoms with E-state index in [2.05, 4.69) is 15.5 Å². The highest BCUT2D eigenvalue weighted by Gasteiger charge is 2.53. The molecule has 0 unspecified atom stereocenters. The molecule has 2 aliphatic rings. The second-order valence-electron chi connectivity index (χ2n) is 20.2. The first-order valence-corrected chi connectivity index (χ1v) is 23.7. The lowest BCUT2D eigenvalue weighted by Crippen LogP contribution is -2.60. The molecule has 2 heterocycles. The van der Waals surface area contributed by atoms with Crippen molar-refractivity contribution in [3.05, 3.63) is 101 Å². The van der Waals surface area contributed by atoms with E-state index >= 15 is 0 Å². The number of primary amides is 2. The Morgan fingerprint density at radius 2 is 0.970 bits per heavy atom. The van der Waals surface area contributed by atoms with Gasteiger partial charge >= 0.3 is 12.2 Å². The molecule has 0 bridgehead atoms. The summed E-state index contributed by atoms with van der Waals surface area (Å²) >= 11 is 0. The predicted molar refractivity (Wildman–Crippen MR) is 258 cm³/mol. The van der Waals surface area contributed by atoms with E-state index in [1.54, 1.807) is 41.5 Å². The topological polar surface area (TPSA) is 207 Å². The third-order valence-electron chi connectivity index (χ3n) is 13.1. The summed E-state index contributed by atoms with van der Waals surface area (Å²) in [5.41, 5.74) is 12.1. The van der Waals surface area contributed by atoms with Gasteiger partial charge in [-0.1, -0.05) is 107 Å². The maximum Gasteiger partial charge on any atom is 0.408 e. The van der Waals surface area contributed by atoms with Gasteiger partial charge in [-0.15, -0.1) is 0 Å². The Morgan fingerprint density at radius 1 is 0.612 bits per heavy atom. The number of amides is 6. The van der Waals surface area contributed by atoms with Crippen molar-refractivity contribution in [2.45, 2.75) is 155 Å². The summed E-state index contributed by atoms with van der Waals surface area (Å²) in [6.07, 6.45) is 1.56. The summed E-state index contributed by atoms with van der Waals surface area (Å²) in [7, 11) is 0. The Morgan fingerprint density at radius 3 is 1.28 bits per heavy atom. The molecule has 15 heteroatoms. The largest absolute Gasteiger partial charge is 0.444 e. The highest BCUT2D eigenvalue weighted by Crippen LogP contribution is 2.42. The van der Waals surface area contributed by atoms with Crippen molar-refractivity contribution in [1.29, 1.82) is 0 Å². The molecule has 6 N–H and O–H groups in total. The van der Waals surface area contributed by atoms with Crippen LogP contribution in [0.25, 0.3) is 0 Å². The molecule has 67 heavy (non-hydrogen) atoms. The van der Waals surface area contributed by atoms with E-state index < -0.39 is 58.4 Å². The molecular weight excluding hydrogens is 851 g/mol. The highest BCUT2D eigenvalue weighted by molar-refractivity contribution is 5.96. The fraction of sp³-hybridized carbons (Fsp3) is 0.538. The molecule has 2 saturated heterocycles. The molecule has 0 saturated carbocycles. The molecule has 364 valence electrons. The molecule has 2 aliphatic heterocycles. The van der Waals surface area contributed by atoms with Crippen molar-refractivity contribution < 1.29 is 38.2 Å². The zero-order valence-electron chi connectivity index (χ0n) is 41.1. The van der Waals surface area contributed by atoms with E-state index in [0.717, 1.165) is 16.8 Å². The molecular formula is C52H73N7O8. The number of hydrogen-bond donors (Lipinski definition) is 4. The molecule has 0 aliphatic carbocycles. The quantitative estimate of drug-likeness (QED) is 0.106. The summed E-state index contributed by atoms with van der Waals surface area (Å²) in [6, 6.07) is 23.3. The van der Waals surface area contributed by atoms with Gasteiger partial charge in [0.25, 0.3) is 0 Å². The summed E-state index contributed by atoms with van der Waals surface area (Å²) in [5, 5.41) is 5.57. The van der Waals surface area contributed by atoms with Crippen molar-refractivity contribution in [3.8, 4) is 0 Å². The van der Waals surface area contributed by atoms with Crippen LogP contribution in [0.3, 0.4) is 0 Å². The zero-order chi connectivity index (χ0) is 49.5. The molecule has 15 nitrogen and oxygen atoms in total. The lowest BCUT2D eigenvalue weighted by molar-refractivity contribution is -0.146. The first-order valence-electron chi connectivity index (χ1n) is 23.7. The number of alkyl carbamates (subject to hydrolysis) is 2. The lowest BCUT2D eigenvalue weighted by Gasteiger charge is -2.39. The monoisotopic (exact) mass is 924 g/mol. The van der Waals surface area contributed by atoms with Gasteiger partial charge in [0.2, 0.25) is 23.6 Å². The molecule has 0 spiro atoms. The van der Waals surface area contributed by atoms with Crippen LogP contribution in [0.5, 0.6) is 0 Å². The van der Waals surface area contributed by atoms with Crippen molar-refractivity contribution in [2.24, 2.45) is 23.3 Å². The molecule has 3 aromatic carbocycles. The minimum atomic E-state index is -1.41. The van der Waals surface area contributed by atoms with E-state index in [9.17, 15) is 28.8 Å². The Bertz CT molecular complexity index is 2090. The minimum absolute atomic E-state index is 0.248. The molecule has 0 aromatic heterocycles. The lowest BCUT2D eigenvalue weighted by atomic mass is 9.84. The maximum absolute atomic E-state index is 14.4. The first kappa shape index (κ1) is 51.9. The van der Waals surface area contributed by atoms with Crippen LogP contribution < -0.4 is 27.0 Å². The summed E-state index contributed by atoms with van der Waals surface area (Å²) in [6.45, 7) is 19.7. The van der Waals surface area contributed by atoms with Gasteiger partial charge in [0, 0.05) is 31.9 Å². The van der Waals surface area contributed by atoms with Crippen LogP contribution in [-0.2, 0) is 52.8 Å². The molecule has 3 aromatic rings. The molecule has 0 radical (unpaired) electrons. The third-order valence-corrected chi connectivity index (χ3v) is 13.1. The summed E-state index contributed by atoms with van der Waals surface area (Å²) in [5.74, 6) is -2.56. The van der Waals surface area contributed by atoms with Gasteiger partial charge in [0.1, 0.15) is 34.4 Å². The normalized spacial score (nSPS) is 20.3. The number of carbonyl (C=O) groups is 6. The van der Waals surface area contributed by atoms with Crippen LogP contribution in [0, 0.1) is 11.8 Å². The average molecular weight is 924 g/mol. The predicted octanol–water partition coefficient (Wildman–Crippen LogP) is 7.38. The van der Waals surface area contributed by atoms with E-state index in [0.29, 0.717) is 75.8 Å². The van der Waals surface area contributed by atoms with Gasteiger partial charge in [-0.25, -0.2) is 9.59 Å². The number of anilines is 1. The van der Waals surface area contributed by atoms with Crippen LogP contribution in [0.1, 0.15) is 130 Å². The average Bonchev–Trinajstić information content (AvgIpc) is 3.93. The maximum atomic E-state index is 14.4. The van der Waals surface area contributed by atoms with Crippen molar-refractivity contribution >= 4 is 41.5 Å². The number of ether oxygens (including phenoxy) is 2. The Hall–Kier alpha value is -6.12. The van der Waals surface area contributed by atoms with Crippen molar-refractivity contribution in [2.75, 3.05) is 18.0 Å². The van der Waals surface area contributed by atoms with Crippen LogP contribution in [0.4, 0.5) is 15.3 Å². The van der Waals surface area contributed by atoms with Crippen LogP contribution >= 0.6 is 0 Å². The van der Waals surface area contributed by atoms with Gasteiger partial charge in [0.05, 0.1) is 0 Å². The van der Waals surface area contributed by atoms with Crippen LogP contribution in [0.2, 0.25) is 0 Å². The molecule has 6 amide bonds. The number of nitrogens with zero attached hydrogens (tertiary/aromatic N) is 3. The highest BCUT2D eigenvalue weighted by atomic mass is 16.6. The number of likely N-dealkylation sites (tertiary alicyclic amines) is 2. The van der Waals surface area contributed by atoms with Gasteiger partial charge < -0.3 is 46.3 Å². The van der Waals surface area contributed by atoms with Gasteiger partial charge in [-0.05, 0) is 113 Å². The number of carbonyl (C=O) groups excluding carboxylic acids is 6. The first-order chi connectivity index (χ1) is 31.5. The smallest absolute Gasteiger partial charge is 0.408 e. The van der Waals surface area contributed by atoms with Crippen molar-refractivity contribution in [1.82, 2.24) is 20.4 Å². The van der Waals surface area contributed by atoms with E-state index in [4.69, 9.17) is 20.9 Å². The second-order valence-corrected chi connectivity index (χ2v) is 20.2. The number of rotatable bonds is 17. The zero-order valence-corrected chi connectivity index (χ0v) is 41.1. The number of nitrogens with two attached hydrogens (primary N) is 2. The third kappa shape index (κ3) is 11.9. The Balaban J connectivity index is 1.40. The van der Waals surface area contributed by atoms with Gasteiger partial charge in [-0.2, -0.15) is 0 Å². The Labute approximate surface area is 396 Å². The van der Waals surface area contributed by atoms with E-state index in [-0.39, 0.29) is 23.7 Å².